The summed E-state index contributed by atoms with van der Waals surface area (Å²) in [5.41, 5.74) is 1.02. The molecule has 0 aliphatic heterocycles. The lowest BCUT2D eigenvalue weighted by atomic mass is 9.99. The molecular weight excluding hydrogens is 218 g/mol. The van der Waals surface area contributed by atoms with Crippen LogP contribution in [-0.4, -0.2) is 17.5 Å². The second kappa shape index (κ2) is 5.39. The van der Waals surface area contributed by atoms with Crippen LogP contribution in [0.25, 0.3) is 0 Å². The molecule has 90 valence electrons. The third-order valence-electron chi connectivity index (χ3n) is 2.39. The Balaban J connectivity index is 3.30. The van der Waals surface area contributed by atoms with E-state index in [0.717, 1.165) is 0 Å². The predicted molar refractivity (Wildman–Crippen MR) is 65.4 cm³/mol. The Labute approximate surface area is 100 Å². The van der Waals surface area contributed by atoms with Gasteiger partial charge in [-0.2, -0.15) is 0 Å². The van der Waals surface area contributed by atoms with Crippen molar-refractivity contribution in [1.82, 2.24) is 0 Å². The Kier molecular flexibility index (Phi) is 4.15. The quantitative estimate of drug-likeness (QED) is 0.812. The highest BCUT2D eigenvalue weighted by Gasteiger charge is 2.16. The summed E-state index contributed by atoms with van der Waals surface area (Å²) >= 11 is 0. The molecule has 0 spiro atoms. The second-order valence-corrected chi connectivity index (χ2v) is 3.74. The summed E-state index contributed by atoms with van der Waals surface area (Å²) in [6.45, 7) is 4.49. The van der Waals surface area contributed by atoms with Crippen molar-refractivity contribution in [2.45, 2.75) is 27.2 Å². The first-order valence-corrected chi connectivity index (χ1v) is 5.42. The van der Waals surface area contributed by atoms with Crippen LogP contribution in [0.4, 0.5) is 5.69 Å². The number of Topliss-reactive ketones (excluding diaryl/α,β-unsaturated/α-hetero) is 2. The van der Waals surface area contributed by atoms with E-state index < -0.39 is 0 Å². The zero-order valence-corrected chi connectivity index (χ0v) is 10.2. The Morgan fingerprint density at radius 1 is 1.12 bits per heavy atom. The average molecular weight is 233 g/mol. The van der Waals surface area contributed by atoms with Gasteiger partial charge < -0.3 is 5.32 Å². The van der Waals surface area contributed by atoms with Gasteiger partial charge in [-0.1, -0.05) is 19.1 Å². The van der Waals surface area contributed by atoms with Crippen LogP contribution in [-0.2, 0) is 4.79 Å². The molecule has 0 fully saturated rings. The van der Waals surface area contributed by atoms with Gasteiger partial charge >= 0.3 is 0 Å². The maximum atomic E-state index is 11.6. The van der Waals surface area contributed by atoms with Crippen molar-refractivity contribution >= 4 is 23.2 Å². The molecule has 1 rings (SSSR count). The molecule has 0 heterocycles. The maximum absolute atomic E-state index is 11.6. The van der Waals surface area contributed by atoms with Gasteiger partial charge in [-0.3, -0.25) is 14.4 Å². The Morgan fingerprint density at radius 2 is 1.76 bits per heavy atom. The van der Waals surface area contributed by atoms with Gasteiger partial charge in [-0.15, -0.1) is 0 Å². The smallest absolute Gasteiger partial charge is 0.224 e. The molecule has 4 heteroatoms. The number of carbonyl (C=O) groups excluding carboxylic acids is 3. The van der Waals surface area contributed by atoms with E-state index in [0.29, 0.717) is 17.7 Å². The van der Waals surface area contributed by atoms with Gasteiger partial charge in [-0.05, 0) is 19.9 Å². The summed E-state index contributed by atoms with van der Waals surface area (Å²) in [7, 11) is 0. The van der Waals surface area contributed by atoms with Crippen LogP contribution in [0.3, 0.4) is 0 Å². The number of rotatable bonds is 4. The Hall–Kier alpha value is -1.97. The summed E-state index contributed by atoms with van der Waals surface area (Å²) < 4.78 is 0. The molecule has 4 nitrogen and oxygen atoms in total. The van der Waals surface area contributed by atoms with E-state index in [2.05, 4.69) is 5.32 Å². The monoisotopic (exact) mass is 233 g/mol. The SMILES string of the molecule is CCC(=O)Nc1cccc(C(C)=O)c1C(C)=O. The highest BCUT2D eigenvalue weighted by atomic mass is 16.2. The second-order valence-electron chi connectivity index (χ2n) is 3.74. The summed E-state index contributed by atoms with van der Waals surface area (Å²) in [6, 6.07) is 4.85. The number of benzene rings is 1. The van der Waals surface area contributed by atoms with E-state index in [1.165, 1.54) is 13.8 Å². The number of hydrogen-bond acceptors (Lipinski definition) is 3. The number of ketones is 2. The zero-order chi connectivity index (χ0) is 13.0. The van der Waals surface area contributed by atoms with Crippen molar-refractivity contribution in [3.8, 4) is 0 Å². The van der Waals surface area contributed by atoms with E-state index in [1.54, 1.807) is 25.1 Å². The highest BCUT2D eigenvalue weighted by Crippen LogP contribution is 2.21. The maximum Gasteiger partial charge on any atom is 0.224 e. The fourth-order valence-electron chi connectivity index (χ4n) is 1.57. The first kappa shape index (κ1) is 13.1. The topological polar surface area (TPSA) is 63.2 Å². The Bertz CT molecular complexity index is 478. The minimum absolute atomic E-state index is 0.187. The van der Waals surface area contributed by atoms with Crippen molar-refractivity contribution in [3.05, 3.63) is 29.3 Å². The van der Waals surface area contributed by atoms with Crippen LogP contribution < -0.4 is 5.32 Å². The third-order valence-corrected chi connectivity index (χ3v) is 2.39. The van der Waals surface area contributed by atoms with E-state index in [9.17, 15) is 14.4 Å². The van der Waals surface area contributed by atoms with Gasteiger partial charge in [0.25, 0.3) is 0 Å². The molecule has 0 aliphatic carbocycles. The summed E-state index contributed by atoms with van der Waals surface area (Å²) in [4.78, 5) is 34.3. The minimum Gasteiger partial charge on any atom is -0.325 e. The van der Waals surface area contributed by atoms with Crippen molar-refractivity contribution in [2.24, 2.45) is 0 Å². The van der Waals surface area contributed by atoms with Gasteiger partial charge in [-0.25, -0.2) is 0 Å². The molecule has 0 unspecified atom stereocenters. The van der Waals surface area contributed by atoms with Crippen LogP contribution in [0.2, 0.25) is 0 Å². The van der Waals surface area contributed by atoms with E-state index in [4.69, 9.17) is 0 Å². The van der Waals surface area contributed by atoms with Gasteiger partial charge in [0.2, 0.25) is 5.91 Å². The fraction of sp³-hybridized carbons (Fsp3) is 0.308. The Morgan fingerprint density at radius 3 is 2.24 bits per heavy atom. The lowest BCUT2D eigenvalue weighted by molar-refractivity contribution is -0.115. The third kappa shape index (κ3) is 3.00. The molecule has 0 radical (unpaired) electrons. The molecule has 0 aromatic heterocycles. The van der Waals surface area contributed by atoms with Crippen molar-refractivity contribution in [3.63, 3.8) is 0 Å². The number of anilines is 1. The molecule has 0 aliphatic rings. The van der Waals surface area contributed by atoms with Gasteiger partial charge in [0.05, 0.1) is 11.3 Å². The molecule has 0 atom stereocenters. The summed E-state index contributed by atoms with van der Waals surface area (Å²) in [6.07, 6.45) is 0.321. The summed E-state index contributed by atoms with van der Waals surface area (Å²) in [5, 5.41) is 2.62. The van der Waals surface area contributed by atoms with E-state index in [1.807, 2.05) is 0 Å². The zero-order valence-electron chi connectivity index (χ0n) is 10.2. The minimum atomic E-state index is -0.234. The van der Waals surface area contributed by atoms with Crippen molar-refractivity contribution < 1.29 is 14.4 Å². The number of nitrogens with one attached hydrogen (secondary N) is 1. The standard InChI is InChI=1S/C13H15NO3/c1-4-12(17)14-11-7-5-6-10(8(2)15)13(11)9(3)16/h5-7H,4H2,1-3H3,(H,14,17). The molecule has 1 aromatic carbocycles. The lowest BCUT2D eigenvalue weighted by Gasteiger charge is -2.11. The molecule has 17 heavy (non-hydrogen) atoms. The predicted octanol–water partition coefficient (Wildman–Crippen LogP) is 2.44. The first-order valence-electron chi connectivity index (χ1n) is 5.42. The van der Waals surface area contributed by atoms with Crippen molar-refractivity contribution in [2.75, 3.05) is 5.32 Å². The number of hydrogen-bond donors (Lipinski definition) is 1. The molecular formula is C13H15NO3. The molecule has 0 saturated heterocycles. The van der Waals surface area contributed by atoms with Crippen LogP contribution in [0.5, 0.6) is 0 Å². The van der Waals surface area contributed by atoms with Crippen LogP contribution in [0.15, 0.2) is 18.2 Å². The van der Waals surface area contributed by atoms with E-state index in [-0.39, 0.29) is 23.0 Å². The fourth-order valence-corrected chi connectivity index (χ4v) is 1.57. The number of carbonyl (C=O) groups is 3. The van der Waals surface area contributed by atoms with Gasteiger partial charge in [0.15, 0.2) is 11.6 Å². The highest BCUT2D eigenvalue weighted by molar-refractivity contribution is 6.12. The molecule has 0 bridgehead atoms. The summed E-state index contributed by atoms with van der Waals surface area (Å²) in [5.74, 6) is -0.613. The molecule has 1 aromatic rings. The first-order chi connectivity index (χ1) is 7.97. The van der Waals surface area contributed by atoms with Crippen LogP contribution in [0.1, 0.15) is 47.9 Å². The van der Waals surface area contributed by atoms with Crippen LogP contribution >= 0.6 is 0 Å². The van der Waals surface area contributed by atoms with Gasteiger partial charge in [0.1, 0.15) is 0 Å². The van der Waals surface area contributed by atoms with Crippen molar-refractivity contribution in [1.29, 1.82) is 0 Å². The number of amides is 1. The van der Waals surface area contributed by atoms with Crippen LogP contribution in [0, 0.1) is 0 Å². The average Bonchev–Trinajstić information content (AvgIpc) is 2.28. The molecule has 0 saturated carbocycles. The molecule has 1 amide bonds. The largest absolute Gasteiger partial charge is 0.325 e. The van der Waals surface area contributed by atoms with E-state index >= 15 is 0 Å². The van der Waals surface area contributed by atoms with Gasteiger partial charge in [0, 0.05) is 12.0 Å². The normalized spacial score (nSPS) is 9.82. The molecule has 1 N–H and O–H groups in total. The lowest BCUT2D eigenvalue weighted by Crippen LogP contribution is -2.15.